The highest BCUT2D eigenvalue weighted by Crippen LogP contribution is 2.43. The second-order valence-electron chi connectivity index (χ2n) is 3.96. The van der Waals surface area contributed by atoms with Gasteiger partial charge in [-0.1, -0.05) is 18.2 Å². The van der Waals surface area contributed by atoms with Crippen LogP contribution in [-0.2, 0) is 4.79 Å². The molecule has 1 aromatic carbocycles. The van der Waals surface area contributed by atoms with Crippen LogP contribution in [0.2, 0.25) is 0 Å². The van der Waals surface area contributed by atoms with Crippen LogP contribution in [0, 0.1) is 5.82 Å². The lowest BCUT2D eigenvalue weighted by molar-refractivity contribution is -0.131. The van der Waals surface area contributed by atoms with Gasteiger partial charge in [0.25, 0.3) is 0 Å². The molecule has 0 saturated heterocycles. The number of aromatic nitrogens is 1. The summed E-state index contributed by atoms with van der Waals surface area (Å²) in [6.45, 7) is 0. The van der Waals surface area contributed by atoms with E-state index >= 15 is 0 Å². The summed E-state index contributed by atoms with van der Waals surface area (Å²) >= 11 is 0. The Morgan fingerprint density at radius 3 is 2.78 bits per heavy atom. The summed E-state index contributed by atoms with van der Waals surface area (Å²) in [5.41, 5.74) is 2.60. The van der Waals surface area contributed by atoms with Crippen LogP contribution in [0.3, 0.4) is 0 Å². The van der Waals surface area contributed by atoms with Gasteiger partial charge in [0.05, 0.1) is 5.69 Å². The second-order valence-corrected chi connectivity index (χ2v) is 3.96. The highest BCUT2D eigenvalue weighted by Gasteiger charge is 2.27. The third kappa shape index (κ3) is 1.43. The summed E-state index contributed by atoms with van der Waals surface area (Å²) < 4.78 is 13.9. The Labute approximate surface area is 102 Å². The van der Waals surface area contributed by atoms with Crippen molar-refractivity contribution in [1.29, 1.82) is 0 Å². The van der Waals surface area contributed by atoms with E-state index in [9.17, 15) is 9.18 Å². The largest absolute Gasteiger partial charge is 0.478 e. The molecule has 88 valence electrons. The fourth-order valence-electron chi connectivity index (χ4n) is 2.24. The molecule has 1 heterocycles. The summed E-state index contributed by atoms with van der Waals surface area (Å²) in [6, 6.07) is 8.07. The number of pyridine rings is 1. The Morgan fingerprint density at radius 2 is 2.00 bits per heavy atom. The summed E-state index contributed by atoms with van der Waals surface area (Å²) in [5.74, 6) is -1.45. The number of hydrogen-bond acceptors (Lipinski definition) is 2. The van der Waals surface area contributed by atoms with Crippen molar-refractivity contribution < 1.29 is 14.3 Å². The second kappa shape index (κ2) is 3.77. The van der Waals surface area contributed by atoms with Gasteiger partial charge in [-0.2, -0.15) is 0 Å². The summed E-state index contributed by atoms with van der Waals surface area (Å²) in [4.78, 5) is 15.0. The number of fused-ring (bicyclic) bond motifs is 3. The van der Waals surface area contributed by atoms with Gasteiger partial charge < -0.3 is 5.11 Å². The number of carbonyl (C=O) groups is 1. The van der Waals surface area contributed by atoms with Gasteiger partial charge in [0.15, 0.2) is 0 Å². The molecule has 0 fully saturated rings. The number of rotatable bonds is 1. The topological polar surface area (TPSA) is 50.2 Å². The molecular weight excluding hydrogens is 233 g/mol. The number of aliphatic carboxylic acids is 1. The van der Waals surface area contributed by atoms with Gasteiger partial charge in [-0.15, -0.1) is 0 Å². The predicted molar refractivity (Wildman–Crippen MR) is 64.3 cm³/mol. The van der Waals surface area contributed by atoms with Crippen LogP contribution < -0.4 is 0 Å². The lowest BCUT2D eigenvalue weighted by Crippen LogP contribution is -1.91. The maximum absolute atomic E-state index is 13.9. The molecule has 1 aliphatic carbocycles. The van der Waals surface area contributed by atoms with Crippen LogP contribution >= 0.6 is 0 Å². The monoisotopic (exact) mass is 241 g/mol. The summed E-state index contributed by atoms with van der Waals surface area (Å²) in [7, 11) is 0. The minimum Gasteiger partial charge on any atom is -0.478 e. The normalized spacial score (nSPS) is 14.4. The van der Waals surface area contributed by atoms with E-state index in [0.717, 1.165) is 6.08 Å². The number of nitrogens with zero attached hydrogens (tertiary/aromatic N) is 1. The van der Waals surface area contributed by atoms with Gasteiger partial charge in [-0.05, 0) is 23.3 Å². The van der Waals surface area contributed by atoms with E-state index < -0.39 is 5.97 Å². The molecule has 0 unspecified atom stereocenters. The van der Waals surface area contributed by atoms with Crippen molar-refractivity contribution in [2.45, 2.75) is 0 Å². The van der Waals surface area contributed by atoms with Crippen molar-refractivity contribution in [2.24, 2.45) is 0 Å². The molecule has 0 aliphatic heterocycles. The zero-order valence-electron chi connectivity index (χ0n) is 9.22. The van der Waals surface area contributed by atoms with Gasteiger partial charge in [0, 0.05) is 23.4 Å². The van der Waals surface area contributed by atoms with E-state index in [2.05, 4.69) is 4.98 Å². The maximum Gasteiger partial charge on any atom is 0.328 e. The Morgan fingerprint density at radius 1 is 1.22 bits per heavy atom. The van der Waals surface area contributed by atoms with Crippen LogP contribution in [0.1, 0.15) is 11.1 Å². The van der Waals surface area contributed by atoms with Crippen LogP contribution in [-0.4, -0.2) is 16.1 Å². The summed E-state index contributed by atoms with van der Waals surface area (Å²) in [5, 5.41) is 8.90. The van der Waals surface area contributed by atoms with E-state index in [1.54, 1.807) is 30.5 Å². The van der Waals surface area contributed by atoms with Gasteiger partial charge in [-0.25, -0.2) is 9.18 Å². The number of benzene rings is 1. The van der Waals surface area contributed by atoms with Crippen molar-refractivity contribution in [3.05, 3.63) is 59.5 Å². The fourth-order valence-corrected chi connectivity index (χ4v) is 2.24. The van der Waals surface area contributed by atoms with E-state index in [4.69, 9.17) is 5.11 Å². The molecule has 1 aromatic heterocycles. The molecule has 3 rings (SSSR count). The molecule has 3 nitrogen and oxygen atoms in total. The first-order valence-corrected chi connectivity index (χ1v) is 5.38. The molecule has 1 N–H and O–H groups in total. The van der Waals surface area contributed by atoms with E-state index in [1.165, 1.54) is 6.07 Å². The number of hydrogen-bond donors (Lipinski definition) is 1. The Kier molecular flexibility index (Phi) is 2.23. The zero-order valence-corrected chi connectivity index (χ0v) is 9.22. The molecule has 0 spiro atoms. The quantitative estimate of drug-likeness (QED) is 0.666. The molecule has 4 heteroatoms. The van der Waals surface area contributed by atoms with Crippen LogP contribution in [0.25, 0.3) is 16.8 Å². The number of carboxylic acids is 1. The first kappa shape index (κ1) is 10.7. The Hall–Kier alpha value is -2.49. The van der Waals surface area contributed by atoms with Gasteiger partial charge >= 0.3 is 5.97 Å². The highest BCUT2D eigenvalue weighted by molar-refractivity contribution is 6.05. The molecule has 0 radical (unpaired) electrons. The van der Waals surface area contributed by atoms with E-state index in [-0.39, 0.29) is 5.82 Å². The SMILES string of the molecule is O=C(O)/C=C1\c2cccnc2-c2c(F)cccc21. The first-order valence-electron chi connectivity index (χ1n) is 5.38. The van der Waals surface area contributed by atoms with Gasteiger partial charge in [0.1, 0.15) is 5.82 Å². The van der Waals surface area contributed by atoms with Crippen molar-refractivity contribution in [2.75, 3.05) is 0 Å². The number of carboxylic acid groups (broad SMARTS) is 1. The van der Waals surface area contributed by atoms with Crippen molar-refractivity contribution in [1.82, 2.24) is 4.98 Å². The van der Waals surface area contributed by atoms with Gasteiger partial charge in [-0.3, -0.25) is 4.98 Å². The van der Waals surface area contributed by atoms with Gasteiger partial charge in [0.2, 0.25) is 0 Å². The van der Waals surface area contributed by atoms with Crippen LogP contribution in [0.15, 0.2) is 42.6 Å². The average molecular weight is 241 g/mol. The summed E-state index contributed by atoms with van der Waals surface area (Å²) in [6.07, 6.45) is 2.66. The molecule has 18 heavy (non-hydrogen) atoms. The third-order valence-corrected chi connectivity index (χ3v) is 2.91. The molecular formula is C14H8FNO2. The van der Waals surface area contributed by atoms with E-state index in [1.807, 2.05) is 0 Å². The fraction of sp³-hybridized carbons (Fsp3) is 0. The third-order valence-electron chi connectivity index (χ3n) is 2.91. The van der Waals surface area contributed by atoms with E-state index in [0.29, 0.717) is 28.0 Å². The molecule has 0 saturated carbocycles. The van der Waals surface area contributed by atoms with Crippen LogP contribution in [0.5, 0.6) is 0 Å². The average Bonchev–Trinajstić information content (AvgIpc) is 2.65. The Balaban J connectivity index is 2.39. The lowest BCUT2D eigenvalue weighted by Gasteiger charge is -2.00. The maximum atomic E-state index is 13.9. The minimum atomic E-state index is -1.06. The van der Waals surface area contributed by atoms with Crippen molar-refractivity contribution in [3.8, 4) is 11.3 Å². The number of halogens is 1. The predicted octanol–water partition coefficient (Wildman–Crippen LogP) is 2.72. The minimum absolute atomic E-state index is 0.376. The molecule has 2 aromatic rings. The lowest BCUT2D eigenvalue weighted by atomic mass is 10.0. The van der Waals surface area contributed by atoms with Crippen molar-refractivity contribution >= 4 is 11.5 Å². The molecule has 0 amide bonds. The smallest absolute Gasteiger partial charge is 0.328 e. The van der Waals surface area contributed by atoms with Crippen LogP contribution in [0.4, 0.5) is 4.39 Å². The molecule has 0 atom stereocenters. The Bertz CT molecular complexity index is 692. The first-order chi connectivity index (χ1) is 8.68. The molecule has 1 aliphatic rings. The molecule has 0 bridgehead atoms. The van der Waals surface area contributed by atoms with Crippen molar-refractivity contribution in [3.63, 3.8) is 0 Å². The highest BCUT2D eigenvalue weighted by atomic mass is 19.1. The standard InChI is InChI=1S/C14H8FNO2/c15-11-5-1-3-8-10(7-12(17)18)9-4-2-6-16-14(9)13(8)11/h1-7H,(H,17,18)/b10-7-. The zero-order chi connectivity index (χ0) is 12.7.